The molecule has 0 saturated carbocycles. The van der Waals surface area contributed by atoms with E-state index in [1.54, 1.807) is 17.2 Å². The van der Waals surface area contributed by atoms with Crippen molar-refractivity contribution in [2.24, 2.45) is 0 Å². The summed E-state index contributed by atoms with van der Waals surface area (Å²) in [6.07, 6.45) is 2.03. The van der Waals surface area contributed by atoms with Crippen molar-refractivity contribution < 1.29 is 14.4 Å². The quantitative estimate of drug-likeness (QED) is 0.727. The summed E-state index contributed by atoms with van der Waals surface area (Å²) >= 11 is 1.27. The lowest BCUT2D eigenvalue weighted by atomic mass is 10.00. The molecule has 1 atom stereocenters. The number of pyridine rings is 1. The van der Waals surface area contributed by atoms with Gasteiger partial charge in [0.2, 0.25) is 0 Å². The lowest BCUT2D eigenvalue weighted by molar-refractivity contribution is -0.123. The zero-order valence-corrected chi connectivity index (χ0v) is 12.1. The molecule has 4 heterocycles. The number of urea groups is 1. The van der Waals surface area contributed by atoms with Crippen LogP contribution in [-0.4, -0.2) is 51.3 Å². The number of fused-ring (bicyclic) bond motifs is 1. The van der Waals surface area contributed by atoms with E-state index in [4.69, 9.17) is 0 Å². The van der Waals surface area contributed by atoms with Gasteiger partial charge in [-0.1, -0.05) is 0 Å². The molecule has 0 aromatic carbocycles. The van der Waals surface area contributed by atoms with Crippen molar-refractivity contribution in [3.05, 3.63) is 23.3 Å². The molecule has 22 heavy (non-hydrogen) atoms. The lowest BCUT2D eigenvalue weighted by Crippen LogP contribution is -2.49. The largest absolute Gasteiger partial charge is 0.334 e. The Morgan fingerprint density at radius 3 is 3.00 bits per heavy atom. The molecule has 1 spiro atoms. The molecule has 0 radical (unpaired) electrons. The van der Waals surface area contributed by atoms with Gasteiger partial charge in [-0.15, -0.1) is 11.3 Å². The molecule has 2 aliphatic heterocycles. The summed E-state index contributed by atoms with van der Waals surface area (Å²) in [7, 11) is 0. The van der Waals surface area contributed by atoms with E-state index in [-0.39, 0.29) is 18.4 Å². The van der Waals surface area contributed by atoms with Crippen LogP contribution in [0.15, 0.2) is 18.3 Å². The second kappa shape index (κ2) is 4.47. The van der Waals surface area contributed by atoms with Crippen molar-refractivity contribution in [2.75, 3.05) is 13.1 Å². The Balaban J connectivity index is 1.59. The number of nitrogens with zero attached hydrogens (tertiary/aromatic N) is 3. The van der Waals surface area contributed by atoms with Gasteiger partial charge in [-0.25, -0.2) is 14.8 Å². The molecule has 2 fully saturated rings. The van der Waals surface area contributed by atoms with Crippen LogP contribution in [-0.2, 0) is 4.79 Å². The predicted octanol–water partition coefficient (Wildman–Crippen LogP) is 0.115. The minimum atomic E-state index is -0.998. The Bertz CT molecular complexity index is 786. The summed E-state index contributed by atoms with van der Waals surface area (Å²) in [5.41, 5.74) is -0.460. The fourth-order valence-electron chi connectivity index (χ4n) is 2.79. The molecule has 9 heteroatoms. The number of thiazole rings is 1. The first-order chi connectivity index (χ1) is 10.6. The lowest BCUT2D eigenvalue weighted by Gasteiger charge is -2.20. The highest BCUT2D eigenvalue weighted by molar-refractivity contribution is 7.20. The molecular weight excluding hydrogens is 306 g/mol. The standard InChI is InChI=1S/C13H11N5O3S/c19-10(9-15-8-7(22-9)2-1-4-14-8)18-5-3-13(6-18)11(20)16-12(21)17-13/h1-2,4H,3,5-6H2,(H2,16,17,20,21). The maximum absolute atomic E-state index is 12.5. The highest BCUT2D eigenvalue weighted by atomic mass is 32.1. The number of carbonyl (C=O) groups excluding carboxylic acids is 3. The Morgan fingerprint density at radius 1 is 1.41 bits per heavy atom. The molecule has 2 saturated heterocycles. The molecule has 112 valence electrons. The third kappa shape index (κ3) is 1.86. The minimum absolute atomic E-state index is 0.159. The summed E-state index contributed by atoms with van der Waals surface area (Å²) in [5, 5.41) is 5.18. The number of aromatic nitrogens is 2. The van der Waals surface area contributed by atoms with Crippen LogP contribution < -0.4 is 10.6 Å². The van der Waals surface area contributed by atoms with Gasteiger partial charge in [0.25, 0.3) is 11.8 Å². The van der Waals surface area contributed by atoms with Gasteiger partial charge >= 0.3 is 6.03 Å². The summed E-state index contributed by atoms with van der Waals surface area (Å²) < 4.78 is 0.840. The first-order valence-electron chi connectivity index (χ1n) is 6.72. The van der Waals surface area contributed by atoms with Crippen molar-refractivity contribution in [3.63, 3.8) is 0 Å². The van der Waals surface area contributed by atoms with Crippen molar-refractivity contribution in [1.82, 2.24) is 25.5 Å². The van der Waals surface area contributed by atoms with Gasteiger partial charge in [-0.3, -0.25) is 14.9 Å². The SMILES string of the molecule is O=C1NC(=O)C2(CCN(C(=O)c3nc4ncccc4s3)C2)N1. The van der Waals surface area contributed by atoms with Crippen LogP contribution in [0.25, 0.3) is 10.3 Å². The summed E-state index contributed by atoms with van der Waals surface area (Å²) in [6.45, 7) is 0.558. The average Bonchev–Trinajstić information content (AvgIpc) is 3.16. The van der Waals surface area contributed by atoms with Crippen LogP contribution in [0.3, 0.4) is 0 Å². The number of hydrogen-bond donors (Lipinski definition) is 2. The van der Waals surface area contributed by atoms with Crippen molar-refractivity contribution >= 4 is 39.5 Å². The zero-order valence-electron chi connectivity index (χ0n) is 11.3. The maximum atomic E-state index is 12.5. The van der Waals surface area contributed by atoms with E-state index >= 15 is 0 Å². The van der Waals surface area contributed by atoms with Gasteiger partial charge in [0.15, 0.2) is 10.7 Å². The van der Waals surface area contributed by atoms with E-state index in [1.807, 2.05) is 6.07 Å². The number of carbonyl (C=O) groups is 3. The molecular formula is C13H11N5O3S. The molecule has 8 nitrogen and oxygen atoms in total. The number of nitrogens with one attached hydrogen (secondary N) is 2. The topological polar surface area (TPSA) is 104 Å². The molecule has 2 aromatic heterocycles. The minimum Gasteiger partial charge on any atom is -0.334 e. The number of imide groups is 1. The van der Waals surface area contributed by atoms with Crippen LogP contribution in [0.5, 0.6) is 0 Å². The Morgan fingerprint density at radius 2 is 2.27 bits per heavy atom. The summed E-state index contributed by atoms with van der Waals surface area (Å²) in [5.74, 6) is -0.618. The van der Waals surface area contributed by atoms with E-state index in [0.717, 1.165) is 4.70 Å². The van der Waals surface area contributed by atoms with Gasteiger partial charge in [0.1, 0.15) is 5.54 Å². The zero-order chi connectivity index (χ0) is 15.3. The number of rotatable bonds is 1. The Labute approximate surface area is 128 Å². The first kappa shape index (κ1) is 13.1. The van der Waals surface area contributed by atoms with Gasteiger partial charge in [0.05, 0.1) is 11.2 Å². The van der Waals surface area contributed by atoms with E-state index in [9.17, 15) is 14.4 Å². The van der Waals surface area contributed by atoms with Crippen LogP contribution in [0.4, 0.5) is 4.79 Å². The van der Waals surface area contributed by atoms with Crippen LogP contribution in [0, 0.1) is 0 Å². The summed E-state index contributed by atoms with van der Waals surface area (Å²) in [6, 6.07) is 3.13. The monoisotopic (exact) mass is 317 g/mol. The van der Waals surface area contributed by atoms with Crippen LogP contribution in [0.2, 0.25) is 0 Å². The van der Waals surface area contributed by atoms with E-state index in [2.05, 4.69) is 20.6 Å². The summed E-state index contributed by atoms with van der Waals surface area (Å²) in [4.78, 5) is 45.6. The molecule has 2 aliphatic rings. The number of likely N-dealkylation sites (tertiary alicyclic amines) is 1. The van der Waals surface area contributed by atoms with E-state index in [0.29, 0.717) is 23.6 Å². The van der Waals surface area contributed by atoms with Gasteiger partial charge in [-0.2, -0.15) is 0 Å². The predicted molar refractivity (Wildman–Crippen MR) is 77.3 cm³/mol. The van der Waals surface area contributed by atoms with Crippen LogP contribution in [0.1, 0.15) is 16.2 Å². The molecule has 0 bridgehead atoms. The fraction of sp³-hybridized carbons (Fsp3) is 0.308. The second-order valence-corrected chi connectivity index (χ2v) is 6.34. The van der Waals surface area contributed by atoms with Gasteiger partial charge < -0.3 is 10.2 Å². The van der Waals surface area contributed by atoms with E-state index in [1.165, 1.54) is 11.3 Å². The molecule has 2 aromatic rings. The Kier molecular flexibility index (Phi) is 2.67. The maximum Gasteiger partial charge on any atom is 0.322 e. The highest BCUT2D eigenvalue weighted by Crippen LogP contribution is 2.28. The number of amides is 4. The molecule has 2 N–H and O–H groups in total. The molecule has 4 rings (SSSR count). The molecule has 1 unspecified atom stereocenters. The first-order valence-corrected chi connectivity index (χ1v) is 7.53. The van der Waals surface area contributed by atoms with Crippen molar-refractivity contribution in [1.29, 1.82) is 0 Å². The number of hydrogen-bond acceptors (Lipinski definition) is 6. The third-order valence-electron chi connectivity index (χ3n) is 3.92. The van der Waals surface area contributed by atoms with Gasteiger partial charge in [-0.05, 0) is 18.6 Å². The fourth-order valence-corrected chi connectivity index (χ4v) is 3.69. The van der Waals surface area contributed by atoms with Crippen molar-refractivity contribution in [2.45, 2.75) is 12.0 Å². The third-order valence-corrected chi connectivity index (χ3v) is 4.92. The smallest absolute Gasteiger partial charge is 0.322 e. The van der Waals surface area contributed by atoms with Crippen molar-refractivity contribution in [3.8, 4) is 0 Å². The normalized spacial score (nSPS) is 24.1. The molecule has 0 aliphatic carbocycles. The van der Waals surface area contributed by atoms with Gasteiger partial charge in [0, 0.05) is 12.7 Å². The highest BCUT2D eigenvalue weighted by Gasteiger charge is 2.51. The van der Waals surface area contributed by atoms with E-state index < -0.39 is 11.6 Å². The molecule has 4 amide bonds. The Hall–Kier alpha value is -2.55. The second-order valence-electron chi connectivity index (χ2n) is 5.31. The average molecular weight is 317 g/mol. The van der Waals surface area contributed by atoms with Crippen LogP contribution >= 0.6 is 11.3 Å².